The smallest absolute Gasteiger partial charge is 0.262 e. The molecule has 1 aliphatic rings. The number of carbonyl (C=O) groups is 1. The van der Waals surface area contributed by atoms with Crippen LogP contribution < -0.4 is 10.9 Å². The van der Waals surface area contributed by atoms with E-state index in [0.29, 0.717) is 11.3 Å². The molecule has 0 fully saturated rings. The summed E-state index contributed by atoms with van der Waals surface area (Å²) < 4.78 is 1.36. The molecular formula is C16H17N3O2S. The predicted molar refractivity (Wildman–Crippen MR) is 86.9 cm³/mol. The van der Waals surface area contributed by atoms with Crippen molar-refractivity contribution in [3.05, 3.63) is 27.1 Å². The number of thiophene rings is 1. The van der Waals surface area contributed by atoms with E-state index in [2.05, 4.69) is 23.1 Å². The minimum Gasteiger partial charge on any atom is -0.344 e. The first-order valence-corrected chi connectivity index (χ1v) is 8.11. The van der Waals surface area contributed by atoms with Crippen LogP contribution in [0.2, 0.25) is 0 Å². The van der Waals surface area contributed by atoms with Crippen LogP contribution in [0.15, 0.2) is 11.1 Å². The summed E-state index contributed by atoms with van der Waals surface area (Å²) in [5.41, 5.74) is 1.00. The molecule has 5 nitrogen and oxygen atoms in total. The summed E-state index contributed by atoms with van der Waals surface area (Å²) in [5, 5.41) is 3.25. The van der Waals surface area contributed by atoms with E-state index in [-0.39, 0.29) is 24.6 Å². The van der Waals surface area contributed by atoms with Crippen molar-refractivity contribution in [2.75, 3.05) is 6.54 Å². The second-order valence-corrected chi connectivity index (χ2v) is 6.77. The SMILES string of the molecule is C#CCNC(=O)Cn1cnc2sc3c(c2c1=O)CCC(C)C3. The number of nitrogens with zero attached hydrogens (tertiary/aromatic N) is 2. The summed E-state index contributed by atoms with van der Waals surface area (Å²) in [7, 11) is 0. The molecule has 0 aliphatic heterocycles. The van der Waals surface area contributed by atoms with E-state index < -0.39 is 0 Å². The molecule has 1 atom stereocenters. The first kappa shape index (κ1) is 14.8. The van der Waals surface area contributed by atoms with Gasteiger partial charge in [0.15, 0.2) is 0 Å². The zero-order valence-corrected chi connectivity index (χ0v) is 13.2. The minimum atomic E-state index is -0.279. The molecule has 2 aromatic rings. The largest absolute Gasteiger partial charge is 0.344 e. The van der Waals surface area contributed by atoms with E-state index in [0.717, 1.165) is 29.7 Å². The standard InChI is InChI=1S/C16H17N3O2S/c1-3-6-17-13(20)8-19-9-18-15-14(16(19)21)11-5-4-10(2)7-12(11)22-15/h1,9-10H,4-8H2,2H3,(H,17,20). The van der Waals surface area contributed by atoms with Gasteiger partial charge in [-0.25, -0.2) is 4.98 Å². The third-order valence-electron chi connectivity index (χ3n) is 3.98. The monoisotopic (exact) mass is 315 g/mol. The van der Waals surface area contributed by atoms with Crippen molar-refractivity contribution < 1.29 is 4.79 Å². The molecule has 1 amide bonds. The van der Waals surface area contributed by atoms with Crippen LogP contribution in [0.25, 0.3) is 10.2 Å². The highest BCUT2D eigenvalue weighted by atomic mass is 32.1. The number of aromatic nitrogens is 2. The lowest BCUT2D eigenvalue weighted by atomic mass is 9.89. The van der Waals surface area contributed by atoms with Gasteiger partial charge in [-0.3, -0.25) is 14.2 Å². The van der Waals surface area contributed by atoms with E-state index in [4.69, 9.17) is 6.42 Å². The zero-order chi connectivity index (χ0) is 15.7. The van der Waals surface area contributed by atoms with Crippen LogP contribution in [-0.2, 0) is 24.2 Å². The number of aryl methyl sites for hydroxylation is 1. The Morgan fingerprint density at radius 3 is 3.23 bits per heavy atom. The Labute approximate surface area is 132 Å². The number of nitrogens with one attached hydrogen (secondary N) is 1. The molecule has 2 heterocycles. The van der Waals surface area contributed by atoms with Crippen LogP contribution in [0, 0.1) is 18.3 Å². The number of hydrogen-bond donors (Lipinski definition) is 1. The molecule has 0 spiro atoms. The molecule has 1 N–H and O–H groups in total. The van der Waals surface area contributed by atoms with Gasteiger partial charge in [-0.1, -0.05) is 12.8 Å². The van der Waals surface area contributed by atoms with Crippen LogP contribution in [-0.4, -0.2) is 22.0 Å². The maximum Gasteiger partial charge on any atom is 0.262 e. The number of fused-ring (bicyclic) bond motifs is 3. The average Bonchev–Trinajstić information content (AvgIpc) is 2.86. The second kappa shape index (κ2) is 5.93. The maximum atomic E-state index is 12.7. The molecule has 22 heavy (non-hydrogen) atoms. The van der Waals surface area contributed by atoms with Crippen molar-refractivity contribution >= 4 is 27.5 Å². The first-order chi connectivity index (χ1) is 10.6. The van der Waals surface area contributed by atoms with Gasteiger partial charge < -0.3 is 5.32 Å². The number of carbonyl (C=O) groups excluding carboxylic acids is 1. The first-order valence-electron chi connectivity index (χ1n) is 7.30. The van der Waals surface area contributed by atoms with E-state index in [9.17, 15) is 9.59 Å². The van der Waals surface area contributed by atoms with Crippen LogP contribution in [0.3, 0.4) is 0 Å². The third-order valence-corrected chi connectivity index (χ3v) is 5.15. The van der Waals surface area contributed by atoms with Crippen LogP contribution in [0.5, 0.6) is 0 Å². The van der Waals surface area contributed by atoms with Gasteiger partial charge in [0.1, 0.15) is 11.4 Å². The van der Waals surface area contributed by atoms with Crippen molar-refractivity contribution in [1.82, 2.24) is 14.9 Å². The fourth-order valence-corrected chi connectivity index (χ4v) is 4.18. The summed E-state index contributed by atoms with van der Waals surface area (Å²) in [4.78, 5) is 30.8. The summed E-state index contributed by atoms with van der Waals surface area (Å²) in [6.45, 7) is 2.34. The zero-order valence-electron chi connectivity index (χ0n) is 12.4. The number of terminal acetylenes is 1. The molecule has 0 saturated heterocycles. The van der Waals surface area contributed by atoms with Crippen molar-refractivity contribution in [3.8, 4) is 12.3 Å². The summed E-state index contributed by atoms with van der Waals surface area (Å²) in [6, 6.07) is 0. The van der Waals surface area contributed by atoms with E-state index in [1.54, 1.807) is 11.3 Å². The number of rotatable bonds is 3. The summed E-state index contributed by atoms with van der Waals surface area (Å²) >= 11 is 1.61. The summed E-state index contributed by atoms with van der Waals surface area (Å²) in [5.74, 6) is 2.71. The third kappa shape index (κ3) is 2.64. The van der Waals surface area contributed by atoms with Gasteiger partial charge >= 0.3 is 0 Å². The lowest BCUT2D eigenvalue weighted by molar-refractivity contribution is -0.121. The molecule has 0 bridgehead atoms. The van der Waals surface area contributed by atoms with E-state index in [1.807, 2.05) is 0 Å². The molecular weight excluding hydrogens is 298 g/mol. The second-order valence-electron chi connectivity index (χ2n) is 5.69. The van der Waals surface area contributed by atoms with Crippen LogP contribution in [0.1, 0.15) is 23.8 Å². The lowest BCUT2D eigenvalue weighted by Gasteiger charge is -2.17. The van der Waals surface area contributed by atoms with Crippen molar-refractivity contribution in [1.29, 1.82) is 0 Å². The van der Waals surface area contributed by atoms with Crippen molar-refractivity contribution in [3.63, 3.8) is 0 Å². The van der Waals surface area contributed by atoms with Crippen molar-refractivity contribution in [2.24, 2.45) is 5.92 Å². The van der Waals surface area contributed by atoms with Gasteiger partial charge in [0.2, 0.25) is 5.91 Å². The van der Waals surface area contributed by atoms with Crippen molar-refractivity contribution in [2.45, 2.75) is 32.7 Å². The average molecular weight is 315 g/mol. The molecule has 2 aromatic heterocycles. The molecule has 1 aliphatic carbocycles. The van der Waals surface area contributed by atoms with Crippen LogP contribution >= 0.6 is 11.3 Å². The highest BCUT2D eigenvalue weighted by Crippen LogP contribution is 2.35. The van der Waals surface area contributed by atoms with Gasteiger partial charge in [-0.15, -0.1) is 17.8 Å². The molecule has 1 unspecified atom stereocenters. The van der Waals surface area contributed by atoms with Gasteiger partial charge in [0.25, 0.3) is 5.56 Å². The fourth-order valence-electron chi connectivity index (χ4n) is 2.84. The minimum absolute atomic E-state index is 0.0511. The summed E-state index contributed by atoms with van der Waals surface area (Å²) in [6.07, 6.45) is 9.58. The normalized spacial score (nSPS) is 17.0. The molecule has 0 saturated carbocycles. The maximum absolute atomic E-state index is 12.7. The molecule has 0 aromatic carbocycles. The van der Waals surface area contributed by atoms with Crippen LogP contribution in [0.4, 0.5) is 0 Å². The highest BCUT2D eigenvalue weighted by Gasteiger charge is 2.23. The highest BCUT2D eigenvalue weighted by molar-refractivity contribution is 7.18. The Bertz CT molecular complexity index is 828. The quantitative estimate of drug-likeness (QED) is 0.869. The lowest BCUT2D eigenvalue weighted by Crippen LogP contribution is -2.32. The predicted octanol–water partition coefficient (Wildman–Crippen LogP) is 1.33. The molecule has 3 rings (SSSR count). The molecule has 114 valence electrons. The van der Waals surface area contributed by atoms with Gasteiger partial charge in [0, 0.05) is 4.88 Å². The number of hydrogen-bond acceptors (Lipinski definition) is 4. The number of amides is 1. The van der Waals surface area contributed by atoms with E-state index in [1.165, 1.54) is 15.8 Å². The van der Waals surface area contributed by atoms with Gasteiger partial charge in [-0.05, 0) is 30.7 Å². The Balaban J connectivity index is 1.98. The Hall–Kier alpha value is -2.13. The van der Waals surface area contributed by atoms with Gasteiger partial charge in [0.05, 0.1) is 18.3 Å². The Kier molecular flexibility index (Phi) is 3.99. The topological polar surface area (TPSA) is 64.0 Å². The van der Waals surface area contributed by atoms with E-state index >= 15 is 0 Å². The Morgan fingerprint density at radius 1 is 1.64 bits per heavy atom. The molecule has 0 radical (unpaired) electrons. The molecule has 6 heteroatoms. The van der Waals surface area contributed by atoms with Gasteiger partial charge in [-0.2, -0.15) is 0 Å². The fraction of sp³-hybridized carbons (Fsp3) is 0.438. The Morgan fingerprint density at radius 2 is 2.45 bits per heavy atom.